The Labute approximate surface area is 159 Å². The van der Waals surface area contributed by atoms with Crippen molar-refractivity contribution < 1.29 is 19.1 Å². The van der Waals surface area contributed by atoms with Crippen LogP contribution >= 0.6 is 0 Å². The highest BCUT2D eigenvalue weighted by Crippen LogP contribution is 2.32. The third-order valence-corrected chi connectivity index (χ3v) is 4.09. The van der Waals surface area contributed by atoms with Crippen LogP contribution in [0.25, 0.3) is 11.0 Å². The molecular weight excluding hydrogens is 340 g/mol. The number of phenols is 1. The lowest BCUT2D eigenvalue weighted by Gasteiger charge is -2.22. The topological polar surface area (TPSA) is 59.7 Å². The van der Waals surface area contributed by atoms with E-state index in [1.54, 1.807) is 30.3 Å². The van der Waals surface area contributed by atoms with Crippen LogP contribution in [0.5, 0.6) is 5.75 Å². The van der Waals surface area contributed by atoms with Gasteiger partial charge in [0.15, 0.2) is 5.78 Å². The van der Waals surface area contributed by atoms with E-state index in [-0.39, 0.29) is 17.1 Å². The molecule has 0 unspecified atom stereocenters. The number of fused-ring (bicyclic) bond motifs is 1. The van der Waals surface area contributed by atoms with E-state index in [0.717, 1.165) is 0 Å². The maximum absolute atomic E-state index is 13.1. The Kier molecular flexibility index (Phi) is 5.08. The van der Waals surface area contributed by atoms with Crippen LogP contribution in [0.2, 0.25) is 0 Å². The summed E-state index contributed by atoms with van der Waals surface area (Å²) in [6.07, 6.45) is 1.02. The van der Waals surface area contributed by atoms with Crippen molar-refractivity contribution in [1.29, 1.82) is 0 Å². The summed E-state index contributed by atoms with van der Waals surface area (Å²) in [4.78, 5) is 13.1. The summed E-state index contributed by atoms with van der Waals surface area (Å²) in [5, 5.41) is 10.5. The van der Waals surface area contributed by atoms with Crippen molar-refractivity contribution in [2.45, 2.75) is 39.2 Å². The second-order valence-electron chi connectivity index (χ2n) is 7.53. The Hall–Kier alpha value is -3.01. The molecule has 27 heavy (non-hydrogen) atoms. The first-order valence-electron chi connectivity index (χ1n) is 8.95. The van der Waals surface area contributed by atoms with Crippen molar-refractivity contribution in [3.05, 3.63) is 77.8 Å². The molecule has 0 radical (unpaired) electrons. The number of carbonyl (C=O) groups excluding carboxylic acids is 1. The summed E-state index contributed by atoms with van der Waals surface area (Å²) >= 11 is 0. The maximum atomic E-state index is 13.1. The number of carbonyl (C=O) groups is 1. The third kappa shape index (κ3) is 4.40. The monoisotopic (exact) mass is 364 g/mol. The number of aromatic hydroxyl groups is 1. The number of phenolic OH excluding ortho intramolecular Hbond substituents is 1. The first-order chi connectivity index (χ1) is 12.7. The summed E-state index contributed by atoms with van der Waals surface area (Å²) in [7, 11) is 0. The largest absolute Gasteiger partial charge is 0.508 e. The van der Waals surface area contributed by atoms with E-state index in [2.05, 4.69) is 6.58 Å². The van der Waals surface area contributed by atoms with Crippen molar-refractivity contribution >= 4 is 16.8 Å². The predicted molar refractivity (Wildman–Crippen MR) is 106 cm³/mol. The fourth-order valence-electron chi connectivity index (χ4n) is 3.03. The van der Waals surface area contributed by atoms with Gasteiger partial charge in [0, 0.05) is 23.8 Å². The van der Waals surface area contributed by atoms with Gasteiger partial charge >= 0.3 is 0 Å². The van der Waals surface area contributed by atoms with Gasteiger partial charge in [-0.25, -0.2) is 0 Å². The molecule has 1 heterocycles. The molecule has 4 nitrogen and oxygen atoms in total. The number of ketones is 1. The first-order valence-corrected chi connectivity index (χ1v) is 8.95. The summed E-state index contributed by atoms with van der Waals surface area (Å²) in [5.74, 6) is 1.18. The number of hydrogen-bond acceptors (Lipinski definition) is 4. The molecule has 0 aliphatic rings. The number of hydrogen-bond donors (Lipinski definition) is 1. The molecule has 4 heteroatoms. The summed E-state index contributed by atoms with van der Waals surface area (Å²) in [6, 6.07) is 13.9. The quantitative estimate of drug-likeness (QED) is 0.455. The van der Waals surface area contributed by atoms with Crippen molar-refractivity contribution in [3.8, 4) is 5.75 Å². The lowest BCUT2D eigenvalue weighted by Crippen LogP contribution is -2.18. The minimum absolute atomic E-state index is 0.0948. The molecule has 0 saturated heterocycles. The molecule has 0 fully saturated rings. The van der Waals surface area contributed by atoms with E-state index in [9.17, 15) is 9.90 Å². The number of allylic oxidation sites excluding steroid dienone is 1. The number of furan rings is 1. The van der Waals surface area contributed by atoms with Crippen molar-refractivity contribution in [2.75, 3.05) is 0 Å². The zero-order valence-corrected chi connectivity index (χ0v) is 15.9. The molecule has 0 aliphatic heterocycles. The molecule has 3 aromatic rings. The molecule has 3 rings (SSSR count). The van der Waals surface area contributed by atoms with Gasteiger partial charge in [-0.15, -0.1) is 0 Å². The van der Waals surface area contributed by atoms with Crippen LogP contribution < -0.4 is 0 Å². The molecular formula is C23H24O4. The lowest BCUT2D eigenvalue weighted by molar-refractivity contribution is 0.0476. The number of aryl methyl sites for hydroxylation is 1. The van der Waals surface area contributed by atoms with Crippen LogP contribution in [0.1, 0.15) is 48.9 Å². The van der Waals surface area contributed by atoms with E-state index in [1.165, 1.54) is 0 Å². The minimum Gasteiger partial charge on any atom is -0.508 e. The molecule has 0 saturated carbocycles. The van der Waals surface area contributed by atoms with Gasteiger partial charge in [-0.05, 0) is 39.0 Å². The fourth-order valence-corrected chi connectivity index (χ4v) is 3.03. The Morgan fingerprint density at radius 2 is 1.85 bits per heavy atom. The lowest BCUT2D eigenvalue weighted by atomic mass is 9.98. The van der Waals surface area contributed by atoms with Gasteiger partial charge < -0.3 is 14.3 Å². The first kappa shape index (κ1) is 18.8. The van der Waals surface area contributed by atoms with Crippen molar-refractivity contribution in [3.63, 3.8) is 0 Å². The van der Waals surface area contributed by atoms with Crippen LogP contribution in [0, 0.1) is 0 Å². The molecule has 1 aromatic heterocycles. The Morgan fingerprint density at radius 3 is 2.52 bits per heavy atom. The average molecular weight is 364 g/mol. The van der Waals surface area contributed by atoms with Crippen LogP contribution in [0.15, 0.2) is 65.3 Å². The SMILES string of the molecule is C=C(CCc1oc2ccc(O)cc2c1C(=O)c1ccccc1)OC(C)(C)C. The molecule has 0 bridgehead atoms. The van der Waals surface area contributed by atoms with Crippen molar-refractivity contribution in [2.24, 2.45) is 0 Å². The van der Waals surface area contributed by atoms with Crippen molar-refractivity contribution in [1.82, 2.24) is 0 Å². The standard InChI is InChI=1S/C23H24O4/c1-15(27-23(2,3)4)10-12-20-21(22(25)16-8-6-5-7-9-16)18-14-17(24)11-13-19(18)26-20/h5-9,11,13-14,24H,1,10,12H2,2-4H3. The highest BCUT2D eigenvalue weighted by Gasteiger charge is 2.23. The van der Waals surface area contributed by atoms with E-state index >= 15 is 0 Å². The highest BCUT2D eigenvalue weighted by molar-refractivity contribution is 6.17. The zero-order valence-electron chi connectivity index (χ0n) is 15.9. The minimum atomic E-state index is -0.320. The second-order valence-corrected chi connectivity index (χ2v) is 7.53. The average Bonchev–Trinajstić information content (AvgIpc) is 2.96. The summed E-state index contributed by atoms with van der Waals surface area (Å²) in [5.41, 5.74) is 1.31. The smallest absolute Gasteiger partial charge is 0.197 e. The van der Waals surface area contributed by atoms with E-state index < -0.39 is 0 Å². The molecule has 0 spiro atoms. The van der Waals surface area contributed by atoms with Crippen LogP contribution in [0.4, 0.5) is 0 Å². The van der Waals surface area contributed by atoms with E-state index in [1.807, 2.05) is 39.0 Å². The second kappa shape index (κ2) is 7.31. The van der Waals surface area contributed by atoms with Crippen LogP contribution in [-0.4, -0.2) is 16.5 Å². The molecule has 0 atom stereocenters. The third-order valence-electron chi connectivity index (χ3n) is 4.09. The Balaban J connectivity index is 1.97. The normalized spacial score (nSPS) is 11.5. The molecule has 0 amide bonds. The Morgan fingerprint density at radius 1 is 1.15 bits per heavy atom. The predicted octanol–water partition coefficient (Wildman–Crippen LogP) is 5.63. The van der Waals surface area contributed by atoms with Gasteiger partial charge in [-0.2, -0.15) is 0 Å². The van der Waals surface area contributed by atoms with E-state index in [4.69, 9.17) is 9.15 Å². The van der Waals surface area contributed by atoms with Gasteiger partial charge in [0.1, 0.15) is 22.7 Å². The molecule has 0 aliphatic carbocycles. The van der Waals surface area contributed by atoms with Gasteiger partial charge in [-0.1, -0.05) is 36.9 Å². The van der Waals surface area contributed by atoms with E-state index in [0.29, 0.717) is 46.5 Å². The van der Waals surface area contributed by atoms with Gasteiger partial charge in [0.2, 0.25) is 0 Å². The van der Waals surface area contributed by atoms with Gasteiger partial charge in [0.05, 0.1) is 11.3 Å². The summed E-state index contributed by atoms with van der Waals surface area (Å²) < 4.78 is 11.7. The maximum Gasteiger partial charge on any atom is 0.197 e. The molecule has 1 N–H and O–H groups in total. The molecule has 2 aromatic carbocycles. The molecule has 140 valence electrons. The zero-order chi connectivity index (χ0) is 19.6. The van der Waals surface area contributed by atoms with Gasteiger partial charge in [0.25, 0.3) is 0 Å². The highest BCUT2D eigenvalue weighted by atomic mass is 16.5. The Bertz CT molecular complexity index is 975. The van der Waals surface area contributed by atoms with Crippen LogP contribution in [0.3, 0.4) is 0 Å². The number of rotatable bonds is 6. The van der Waals surface area contributed by atoms with Crippen LogP contribution in [-0.2, 0) is 11.2 Å². The number of ether oxygens (including phenoxy) is 1. The number of benzene rings is 2. The summed E-state index contributed by atoms with van der Waals surface area (Å²) in [6.45, 7) is 9.86. The van der Waals surface area contributed by atoms with Gasteiger partial charge in [-0.3, -0.25) is 4.79 Å². The fraction of sp³-hybridized carbons (Fsp3) is 0.261.